The number of fused-ring (bicyclic) bond motifs is 1. The van der Waals surface area contributed by atoms with Crippen LogP contribution in [0.15, 0.2) is 75.8 Å². The van der Waals surface area contributed by atoms with Gasteiger partial charge in [-0.25, -0.2) is 0 Å². The van der Waals surface area contributed by atoms with Crippen molar-refractivity contribution in [2.75, 3.05) is 11.9 Å². The van der Waals surface area contributed by atoms with E-state index < -0.39 is 26.7 Å². The van der Waals surface area contributed by atoms with Crippen LogP contribution < -0.4 is 10.1 Å². The van der Waals surface area contributed by atoms with Gasteiger partial charge in [-0.15, -0.1) is 5.11 Å². The van der Waals surface area contributed by atoms with Crippen molar-refractivity contribution in [3.8, 4) is 11.5 Å². The van der Waals surface area contributed by atoms with Crippen molar-refractivity contribution in [1.29, 1.82) is 0 Å². The molecule has 0 radical (unpaired) electrons. The number of ether oxygens (including phenoxy) is 1. The lowest BCUT2D eigenvalue weighted by Gasteiger charge is -2.14. The smallest absolute Gasteiger partial charge is 0.296 e. The number of rotatable bonds is 8. The summed E-state index contributed by atoms with van der Waals surface area (Å²) in [6, 6.07) is 16.0. The number of aromatic hydroxyl groups is 1. The molecule has 9 nitrogen and oxygen atoms in total. The van der Waals surface area contributed by atoms with Crippen molar-refractivity contribution in [2.45, 2.75) is 25.2 Å². The minimum Gasteiger partial charge on any atom is -0.505 e. The number of nitrogens with zero attached hydrogens (tertiary/aromatic N) is 2. The van der Waals surface area contributed by atoms with Crippen molar-refractivity contribution < 1.29 is 27.6 Å². The molecule has 0 saturated carbocycles. The lowest BCUT2D eigenvalue weighted by molar-refractivity contribution is 0.102. The third-order valence-electron chi connectivity index (χ3n) is 5.79. The molecule has 0 fully saturated rings. The van der Waals surface area contributed by atoms with E-state index in [2.05, 4.69) is 15.5 Å². The van der Waals surface area contributed by atoms with Gasteiger partial charge in [0.1, 0.15) is 16.3 Å². The first-order valence-electron chi connectivity index (χ1n) is 11.7. The highest BCUT2D eigenvalue weighted by Crippen LogP contribution is 2.41. The fourth-order valence-corrected chi connectivity index (χ4v) is 5.59. The molecule has 0 spiro atoms. The first kappa shape index (κ1) is 28.3. The number of carbonyl (C=O) groups is 1. The summed E-state index contributed by atoms with van der Waals surface area (Å²) in [6.07, 6.45) is 0.168. The van der Waals surface area contributed by atoms with Crippen LogP contribution in [0.1, 0.15) is 29.8 Å². The summed E-state index contributed by atoms with van der Waals surface area (Å²) in [4.78, 5) is 12.9. The van der Waals surface area contributed by atoms with E-state index in [1.807, 2.05) is 0 Å². The molecule has 0 aliphatic heterocycles. The number of amides is 1. The quantitative estimate of drug-likeness (QED) is 0.142. The van der Waals surface area contributed by atoms with Crippen molar-refractivity contribution in [2.24, 2.45) is 10.2 Å². The molecule has 0 bridgehead atoms. The van der Waals surface area contributed by atoms with Gasteiger partial charge in [-0.3, -0.25) is 9.35 Å². The minimum atomic E-state index is -4.64. The van der Waals surface area contributed by atoms with Crippen LogP contribution in [0.25, 0.3) is 10.8 Å². The van der Waals surface area contributed by atoms with Crippen LogP contribution in [0.2, 0.25) is 10.0 Å². The van der Waals surface area contributed by atoms with Crippen LogP contribution in [-0.4, -0.2) is 30.6 Å². The average molecular weight is 588 g/mol. The summed E-state index contributed by atoms with van der Waals surface area (Å²) < 4.78 is 39.1. The van der Waals surface area contributed by atoms with E-state index in [9.17, 15) is 22.9 Å². The maximum atomic E-state index is 13.3. The van der Waals surface area contributed by atoms with Crippen molar-refractivity contribution >= 4 is 67.1 Å². The summed E-state index contributed by atoms with van der Waals surface area (Å²) in [5, 5.41) is 23.6. The highest BCUT2D eigenvalue weighted by atomic mass is 35.5. The number of anilines is 1. The van der Waals surface area contributed by atoms with Gasteiger partial charge in [-0.05, 0) is 55.1 Å². The first-order chi connectivity index (χ1) is 18.5. The average Bonchev–Trinajstić information content (AvgIpc) is 2.89. The fourth-order valence-electron chi connectivity index (χ4n) is 4.07. The Morgan fingerprint density at radius 3 is 2.46 bits per heavy atom. The van der Waals surface area contributed by atoms with Crippen molar-refractivity contribution in [1.82, 2.24) is 0 Å². The molecule has 202 valence electrons. The monoisotopic (exact) mass is 587 g/mol. The lowest BCUT2D eigenvalue weighted by Crippen LogP contribution is -2.13. The Hall–Kier alpha value is -3.70. The summed E-state index contributed by atoms with van der Waals surface area (Å²) in [6.45, 7) is 3.83. The number of nitrogens with one attached hydrogen (secondary N) is 1. The van der Waals surface area contributed by atoms with Gasteiger partial charge in [0, 0.05) is 16.0 Å². The number of azo groups is 1. The molecule has 0 heterocycles. The summed E-state index contributed by atoms with van der Waals surface area (Å²) in [5.74, 6) is -0.691. The second-order valence-electron chi connectivity index (χ2n) is 8.27. The van der Waals surface area contributed by atoms with E-state index in [1.54, 1.807) is 50.2 Å². The number of hydrogen-bond acceptors (Lipinski definition) is 7. The largest absolute Gasteiger partial charge is 0.505 e. The molecule has 4 aromatic rings. The Kier molecular flexibility index (Phi) is 8.41. The number of phenols is 1. The Morgan fingerprint density at radius 1 is 1.03 bits per heavy atom. The van der Waals surface area contributed by atoms with Crippen LogP contribution in [0.5, 0.6) is 11.5 Å². The van der Waals surface area contributed by atoms with Crippen LogP contribution in [0.4, 0.5) is 17.1 Å². The Labute approximate surface area is 234 Å². The second kappa shape index (κ2) is 11.6. The van der Waals surface area contributed by atoms with Crippen LogP contribution in [-0.2, 0) is 16.5 Å². The number of halogens is 2. The van der Waals surface area contributed by atoms with Gasteiger partial charge in [0.15, 0.2) is 5.75 Å². The summed E-state index contributed by atoms with van der Waals surface area (Å²) >= 11 is 12.1. The molecule has 4 rings (SSSR count). The normalized spacial score (nSPS) is 11.7. The zero-order valence-electron chi connectivity index (χ0n) is 20.8. The maximum Gasteiger partial charge on any atom is 0.296 e. The van der Waals surface area contributed by atoms with Gasteiger partial charge in [-0.1, -0.05) is 54.4 Å². The molecule has 0 aliphatic rings. The predicted molar refractivity (Wildman–Crippen MR) is 151 cm³/mol. The molecule has 4 aromatic carbocycles. The van der Waals surface area contributed by atoms with Crippen molar-refractivity contribution in [3.63, 3.8) is 0 Å². The molecule has 0 saturated heterocycles. The van der Waals surface area contributed by atoms with Gasteiger partial charge in [0.05, 0.1) is 28.6 Å². The number of benzene rings is 4. The first-order valence-corrected chi connectivity index (χ1v) is 13.9. The summed E-state index contributed by atoms with van der Waals surface area (Å²) in [5.41, 5.74) is 0.482. The zero-order valence-corrected chi connectivity index (χ0v) is 23.1. The van der Waals surface area contributed by atoms with E-state index in [0.29, 0.717) is 33.8 Å². The van der Waals surface area contributed by atoms with Crippen LogP contribution in [0, 0.1) is 0 Å². The Bertz CT molecular complexity index is 1720. The van der Waals surface area contributed by atoms with E-state index >= 15 is 0 Å². The van der Waals surface area contributed by atoms with Gasteiger partial charge in [-0.2, -0.15) is 13.5 Å². The Balaban J connectivity index is 1.83. The molecule has 39 heavy (non-hydrogen) atoms. The van der Waals surface area contributed by atoms with Crippen LogP contribution >= 0.6 is 23.2 Å². The number of phenolic OH excluding ortho intramolecular Hbond substituents is 1. The van der Waals surface area contributed by atoms with Crippen LogP contribution in [0.3, 0.4) is 0 Å². The van der Waals surface area contributed by atoms with E-state index in [0.717, 1.165) is 0 Å². The molecule has 0 unspecified atom stereocenters. The third kappa shape index (κ3) is 5.99. The fraction of sp³-hybridized carbons (Fsp3) is 0.148. The van der Waals surface area contributed by atoms with Gasteiger partial charge < -0.3 is 15.2 Å². The molecule has 0 aliphatic carbocycles. The summed E-state index contributed by atoms with van der Waals surface area (Å²) in [7, 11) is -4.64. The van der Waals surface area contributed by atoms with Gasteiger partial charge in [0.25, 0.3) is 16.0 Å². The van der Waals surface area contributed by atoms with Gasteiger partial charge >= 0.3 is 0 Å². The Morgan fingerprint density at radius 2 is 1.77 bits per heavy atom. The van der Waals surface area contributed by atoms with E-state index in [-0.39, 0.29) is 33.9 Å². The SMILES string of the molecule is CCOc1ccc(Cl)cc1NC(=O)c1cc2ccccc2c(N=Nc2ccc(Cl)c(S(=O)(=O)O)c2CC)c1O. The molecule has 1 amide bonds. The molecule has 0 atom stereocenters. The standard InChI is InChI=1S/C27H23Cl2N3O6S/c1-3-17-21(11-10-20(29)26(17)39(35,36)37)31-32-24-18-8-6-5-7-15(18)13-19(25(24)33)27(34)30-22-14-16(28)9-12-23(22)38-4-2/h5-14,33H,3-4H2,1-2H3,(H,30,34)(H,35,36,37). The van der Waals surface area contributed by atoms with E-state index in [1.165, 1.54) is 24.3 Å². The van der Waals surface area contributed by atoms with Crippen molar-refractivity contribution in [3.05, 3.63) is 81.8 Å². The molecular weight excluding hydrogens is 565 g/mol. The molecule has 12 heteroatoms. The predicted octanol–water partition coefficient (Wildman–Crippen LogP) is 7.73. The van der Waals surface area contributed by atoms with Gasteiger partial charge in [0.2, 0.25) is 0 Å². The number of carbonyl (C=O) groups excluding carboxylic acids is 1. The zero-order chi connectivity index (χ0) is 28.3. The highest BCUT2D eigenvalue weighted by Gasteiger charge is 2.23. The lowest BCUT2D eigenvalue weighted by atomic mass is 10.0. The molecular formula is C27H23Cl2N3O6S. The minimum absolute atomic E-state index is 0.0141. The maximum absolute atomic E-state index is 13.3. The highest BCUT2D eigenvalue weighted by molar-refractivity contribution is 7.86. The molecule has 3 N–H and O–H groups in total. The van der Waals surface area contributed by atoms with E-state index in [4.69, 9.17) is 27.9 Å². The molecule has 0 aromatic heterocycles. The topological polar surface area (TPSA) is 138 Å². The third-order valence-corrected chi connectivity index (χ3v) is 7.43. The number of hydrogen-bond donors (Lipinski definition) is 3. The second-order valence-corrected chi connectivity index (χ2v) is 10.5.